The van der Waals surface area contributed by atoms with Gasteiger partial charge in [0.1, 0.15) is 5.75 Å². The summed E-state index contributed by atoms with van der Waals surface area (Å²) >= 11 is 0. The molecule has 0 aromatic heterocycles. The lowest BCUT2D eigenvalue weighted by Gasteiger charge is -2.59. The third kappa shape index (κ3) is 3.24. The van der Waals surface area contributed by atoms with E-state index in [1.54, 1.807) is 0 Å². The average molecular weight is 391 g/mol. The van der Waals surface area contributed by atoms with Crippen LogP contribution in [0.25, 0.3) is 0 Å². The molecule has 2 aromatic rings. The van der Waals surface area contributed by atoms with Gasteiger partial charge in [0.15, 0.2) is 0 Å². The van der Waals surface area contributed by atoms with Crippen molar-refractivity contribution in [3.63, 3.8) is 0 Å². The SMILES string of the molecule is CN(C)c1ccc(CCN2CCC34CCCCC3C2Cc2ccc(O)cc24)cc1. The maximum Gasteiger partial charge on any atom is 0.115 e. The predicted octanol–water partition coefficient (Wildman–Crippen LogP) is 4.76. The molecular formula is C26H34N2O. The molecule has 154 valence electrons. The Kier molecular flexibility index (Phi) is 4.82. The molecule has 29 heavy (non-hydrogen) atoms. The molecule has 2 bridgehead atoms. The van der Waals surface area contributed by atoms with Crippen LogP contribution in [0.5, 0.6) is 5.75 Å². The van der Waals surface area contributed by atoms with Gasteiger partial charge in [0, 0.05) is 37.8 Å². The highest BCUT2D eigenvalue weighted by atomic mass is 16.3. The van der Waals surface area contributed by atoms with E-state index in [-0.39, 0.29) is 0 Å². The van der Waals surface area contributed by atoms with Crippen LogP contribution in [0.4, 0.5) is 5.69 Å². The van der Waals surface area contributed by atoms with Crippen LogP contribution in [-0.2, 0) is 18.3 Å². The lowest BCUT2D eigenvalue weighted by Crippen LogP contribution is -2.61. The highest BCUT2D eigenvalue weighted by Crippen LogP contribution is 2.56. The molecule has 3 aliphatic rings. The Balaban J connectivity index is 1.37. The minimum Gasteiger partial charge on any atom is -0.508 e. The molecule has 0 radical (unpaired) electrons. The monoisotopic (exact) mass is 390 g/mol. The van der Waals surface area contributed by atoms with Crippen molar-refractivity contribution < 1.29 is 5.11 Å². The second-order valence-corrected chi connectivity index (χ2v) is 9.72. The zero-order valence-corrected chi connectivity index (χ0v) is 17.9. The van der Waals surface area contributed by atoms with Crippen molar-refractivity contribution in [2.45, 2.75) is 56.4 Å². The maximum absolute atomic E-state index is 10.2. The second kappa shape index (κ2) is 7.36. The van der Waals surface area contributed by atoms with Gasteiger partial charge in [-0.05, 0) is 85.5 Å². The summed E-state index contributed by atoms with van der Waals surface area (Å²) in [6.45, 7) is 2.36. The summed E-state index contributed by atoms with van der Waals surface area (Å²) in [4.78, 5) is 4.96. The summed E-state index contributed by atoms with van der Waals surface area (Å²) in [6, 6.07) is 15.9. The third-order valence-corrected chi connectivity index (χ3v) is 8.08. The van der Waals surface area contributed by atoms with E-state index < -0.39 is 0 Å². The number of benzene rings is 2. The average Bonchev–Trinajstić information content (AvgIpc) is 2.74. The first-order valence-corrected chi connectivity index (χ1v) is 11.4. The van der Waals surface area contributed by atoms with Gasteiger partial charge in [0.25, 0.3) is 0 Å². The second-order valence-electron chi connectivity index (χ2n) is 9.72. The van der Waals surface area contributed by atoms with Crippen LogP contribution in [0.3, 0.4) is 0 Å². The Labute approximate surface area is 175 Å². The predicted molar refractivity (Wildman–Crippen MR) is 120 cm³/mol. The summed E-state index contributed by atoms with van der Waals surface area (Å²) in [6.07, 6.45) is 8.92. The number of fused-ring (bicyclic) bond motifs is 1. The van der Waals surface area contributed by atoms with Crippen LogP contribution in [-0.4, -0.2) is 43.2 Å². The van der Waals surface area contributed by atoms with Gasteiger partial charge in [-0.1, -0.05) is 31.0 Å². The quantitative estimate of drug-likeness (QED) is 0.815. The van der Waals surface area contributed by atoms with E-state index in [0.717, 1.165) is 25.3 Å². The van der Waals surface area contributed by atoms with Crippen molar-refractivity contribution in [1.82, 2.24) is 4.90 Å². The topological polar surface area (TPSA) is 26.7 Å². The molecule has 3 atom stereocenters. The largest absolute Gasteiger partial charge is 0.508 e. The Hall–Kier alpha value is -2.00. The lowest BCUT2D eigenvalue weighted by atomic mass is 9.52. The molecule has 0 amide bonds. The number of piperidine rings is 1. The van der Waals surface area contributed by atoms with Crippen LogP contribution < -0.4 is 4.90 Å². The summed E-state index contributed by atoms with van der Waals surface area (Å²) in [7, 11) is 4.19. The first-order valence-electron chi connectivity index (χ1n) is 11.4. The Morgan fingerprint density at radius 3 is 2.69 bits per heavy atom. The van der Waals surface area contributed by atoms with Gasteiger partial charge in [0.05, 0.1) is 0 Å². The van der Waals surface area contributed by atoms with Gasteiger partial charge < -0.3 is 10.0 Å². The number of rotatable bonds is 4. The number of phenolic OH excluding ortho intramolecular Hbond substituents is 1. The van der Waals surface area contributed by atoms with E-state index in [1.165, 1.54) is 61.0 Å². The fraction of sp³-hybridized carbons (Fsp3) is 0.538. The fourth-order valence-corrected chi connectivity index (χ4v) is 6.58. The van der Waals surface area contributed by atoms with E-state index >= 15 is 0 Å². The number of nitrogens with zero attached hydrogens (tertiary/aromatic N) is 2. The zero-order chi connectivity index (χ0) is 20.0. The van der Waals surface area contributed by atoms with Crippen molar-refractivity contribution >= 4 is 5.69 Å². The van der Waals surface area contributed by atoms with Gasteiger partial charge in [-0.2, -0.15) is 0 Å². The number of hydrogen-bond acceptors (Lipinski definition) is 3. The van der Waals surface area contributed by atoms with Gasteiger partial charge in [-0.15, -0.1) is 0 Å². The van der Waals surface area contributed by atoms with E-state index in [9.17, 15) is 5.11 Å². The van der Waals surface area contributed by atoms with Crippen LogP contribution in [0.15, 0.2) is 42.5 Å². The number of hydrogen-bond donors (Lipinski definition) is 1. The van der Waals surface area contributed by atoms with Crippen molar-refractivity contribution in [2.24, 2.45) is 5.92 Å². The molecule has 1 saturated carbocycles. The summed E-state index contributed by atoms with van der Waals surface area (Å²) in [5.74, 6) is 1.21. The molecule has 5 rings (SSSR count). The summed E-state index contributed by atoms with van der Waals surface area (Å²) < 4.78 is 0. The summed E-state index contributed by atoms with van der Waals surface area (Å²) in [5.41, 5.74) is 6.01. The Morgan fingerprint density at radius 2 is 1.90 bits per heavy atom. The van der Waals surface area contributed by atoms with Crippen LogP contribution >= 0.6 is 0 Å². The van der Waals surface area contributed by atoms with Crippen molar-refractivity contribution in [1.29, 1.82) is 0 Å². The van der Waals surface area contributed by atoms with Gasteiger partial charge in [-0.3, -0.25) is 4.90 Å². The molecule has 1 saturated heterocycles. The molecule has 1 heterocycles. The maximum atomic E-state index is 10.2. The van der Waals surface area contributed by atoms with E-state index in [4.69, 9.17) is 0 Å². The normalized spacial score (nSPS) is 28.5. The molecule has 3 heteroatoms. The molecular weight excluding hydrogens is 356 g/mol. The molecule has 3 unspecified atom stereocenters. The van der Waals surface area contributed by atoms with Crippen LogP contribution in [0.1, 0.15) is 48.8 Å². The zero-order valence-electron chi connectivity index (χ0n) is 17.9. The van der Waals surface area contributed by atoms with Crippen LogP contribution in [0, 0.1) is 5.92 Å². The molecule has 2 aromatic carbocycles. The third-order valence-electron chi connectivity index (χ3n) is 8.08. The Morgan fingerprint density at radius 1 is 1.07 bits per heavy atom. The first-order chi connectivity index (χ1) is 14.1. The standard InChI is InChI=1S/C26H34N2O/c1-27(2)21-9-6-19(7-10-21)12-15-28-16-14-26-13-4-3-5-23(26)25(28)17-20-8-11-22(29)18-24(20)26/h6-11,18,23,25,29H,3-5,12-17H2,1-2H3. The number of phenols is 1. The smallest absolute Gasteiger partial charge is 0.115 e. The molecule has 2 aliphatic carbocycles. The summed E-state index contributed by atoms with van der Waals surface area (Å²) in [5, 5.41) is 10.2. The number of anilines is 1. The van der Waals surface area contributed by atoms with Gasteiger partial charge >= 0.3 is 0 Å². The molecule has 2 fully saturated rings. The van der Waals surface area contributed by atoms with Crippen molar-refractivity contribution in [2.75, 3.05) is 32.1 Å². The van der Waals surface area contributed by atoms with E-state index in [2.05, 4.69) is 60.3 Å². The van der Waals surface area contributed by atoms with E-state index in [1.807, 2.05) is 6.07 Å². The minimum absolute atomic E-state index is 0.319. The van der Waals surface area contributed by atoms with Crippen LogP contribution in [0.2, 0.25) is 0 Å². The van der Waals surface area contributed by atoms with Crippen molar-refractivity contribution in [3.8, 4) is 5.75 Å². The molecule has 1 aliphatic heterocycles. The highest BCUT2D eigenvalue weighted by molar-refractivity contribution is 5.46. The highest BCUT2D eigenvalue weighted by Gasteiger charge is 2.53. The molecule has 0 spiro atoms. The molecule has 3 nitrogen and oxygen atoms in total. The van der Waals surface area contributed by atoms with Crippen molar-refractivity contribution in [3.05, 3.63) is 59.2 Å². The minimum atomic E-state index is 0.319. The number of aromatic hydroxyl groups is 1. The van der Waals surface area contributed by atoms with Gasteiger partial charge in [-0.25, -0.2) is 0 Å². The first kappa shape index (κ1) is 19.0. The lowest BCUT2D eigenvalue weighted by molar-refractivity contribution is -0.0106. The van der Waals surface area contributed by atoms with E-state index in [0.29, 0.717) is 17.2 Å². The van der Waals surface area contributed by atoms with Gasteiger partial charge in [0.2, 0.25) is 0 Å². The fourth-order valence-electron chi connectivity index (χ4n) is 6.58. The molecule has 1 N–H and O–H groups in total. The number of likely N-dealkylation sites (tertiary alicyclic amines) is 1. The Bertz CT molecular complexity index is 875.